The molecule has 0 aliphatic carbocycles. The molecule has 3 amide bonds. The van der Waals surface area contributed by atoms with Crippen LogP contribution in [-0.2, 0) is 24.6 Å². The number of benzene rings is 1. The molecule has 8 nitrogen and oxygen atoms in total. The SMILES string of the molecule is CC(C)(C)c1sc(/C=C2\SC(=S)N(CC(=O)NCC(=O)NCC(=O)O)C2=O)cc1-c1ccc(F)c(F)c1. The minimum absolute atomic E-state index is 0.162. The molecule has 0 atom stereocenters. The maximum absolute atomic E-state index is 13.9. The van der Waals surface area contributed by atoms with E-state index in [0.717, 1.165) is 39.2 Å². The van der Waals surface area contributed by atoms with Gasteiger partial charge < -0.3 is 15.7 Å². The van der Waals surface area contributed by atoms with E-state index in [2.05, 4.69) is 10.6 Å². The maximum atomic E-state index is 13.9. The normalized spacial score (nSPS) is 14.8. The molecule has 1 aliphatic heterocycles. The number of hydrogen-bond donors (Lipinski definition) is 3. The zero-order valence-electron chi connectivity index (χ0n) is 20.0. The zero-order chi connectivity index (χ0) is 27.5. The van der Waals surface area contributed by atoms with E-state index in [1.807, 2.05) is 20.8 Å². The quantitative estimate of drug-likeness (QED) is 0.330. The number of thiophene rings is 1. The molecule has 1 fully saturated rings. The smallest absolute Gasteiger partial charge is 0.322 e. The van der Waals surface area contributed by atoms with E-state index in [-0.39, 0.29) is 14.6 Å². The molecular weight excluding hydrogens is 544 g/mol. The summed E-state index contributed by atoms with van der Waals surface area (Å²) < 4.78 is 27.5. The zero-order valence-corrected chi connectivity index (χ0v) is 22.5. The van der Waals surface area contributed by atoms with Gasteiger partial charge in [-0.1, -0.05) is 50.8 Å². The molecule has 13 heteroatoms. The fourth-order valence-electron chi connectivity index (χ4n) is 3.30. The number of nitrogens with one attached hydrogen (secondary N) is 2. The highest BCUT2D eigenvalue weighted by molar-refractivity contribution is 8.26. The summed E-state index contributed by atoms with van der Waals surface area (Å²) in [5.41, 5.74) is 0.917. The molecule has 196 valence electrons. The first-order valence-electron chi connectivity index (χ1n) is 10.9. The van der Waals surface area contributed by atoms with Crippen molar-refractivity contribution in [3.05, 3.63) is 50.6 Å². The van der Waals surface area contributed by atoms with Crippen molar-refractivity contribution in [2.75, 3.05) is 19.6 Å². The van der Waals surface area contributed by atoms with E-state index >= 15 is 0 Å². The number of carbonyl (C=O) groups is 4. The number of carboxylic acids is 1. The number of thiocarbonyl (C=S) groups is 1. The molecule has 1 saturated heterocycles. The van der Waals surface area contributed by atoms with E-state index in [0.29, 0.717) is 10.4 Å². The lowest BCUT2D eigenvalue weighted by molar-refractivity contribution is -0.138. The van der Waals surface area contributed by atoms with Gasteiger partial charge in [-0.25, -0.2) is 8.78 Å². The molecule has 37 heavy (non-hydrogen) atoms. The summed E-state index contributed by atoms with van der Waals surface area (Å²) in [4.78, 5) is 50.2. The third-order valence-corrected chi connectivity index (χ3v) is 7.88. The van der Waals surface area contributed by atoms with Gasteiger partial charge in [-0.15, -0.1) is 11.3 Å². The second kappa shape index (κ2) is 11.5. The summed E-state index contributed by atoms with van der Waals surface area (Å²) in [6, 6.07) is 5.50. The fraction of sp³-hybridized carbons (Fsp3) is 0.292. The van der Waals surface area contributed by atoms with Crippen LogP contribution in [0.1, 0.15) is 30.5 Å². The van der Waals surface area contributed by atoms with Crippen LogP contribution < -0.4 is 10.6 Å². The molecule has 0 spiro atoms. The number of amides is 3. The van der Waals surface area contributed by atoms with Crippen LogP contribution in [0.25, 0.3) is 17.2 Å². The summed E-state index contributed by atoms with van der Waals surface area (Å²) in [5, 5.41) is 13.0. The monoisotopic (exact) mass is 567 g/mol. The number of carboxylic acid groups (broad SMARTS) is 1. The Morgan fingerprint density at radius 3 is 2.38 bits per heavy atom. The summed E-state index contributed by atoms with van der Waals surface area (Å²) >= 11 is 7.69. The Morgan fingerprint density at radius 2 is 1.76 bits per heavy atom. The third-order valence-electron chi connectivity index (χ3n) is 4.99. The number of halogens is 2. The van der Waals surface area contributed by atoms with Gasteiger partial charge >= 0.3 is 5.97 Å². The lowest BCUT2D eigenvalue weighted by Gasteiger charge is -2.19. The lowest BCUT2D eigenvalue weighted by atomic mass is 9.89. The first-order valence-corrected chi connectivity index (χ1v) is 12.9. The van der Waals surface area contributed by atoms with Crippen molar-refractivity contribution in [1.29, 1.82) is 0 Å². The molecule has 0 radical (unpaired) electrons. The fourth-order valence-corrected chi connectivity index (χ4v) is 5.80. The minimum atomic E-state index is -1.22. The van der Waals surface area contributed by atoms with Crippen LogP contribution >= 0.6 is 35.3 Å². The molecule has 0 saturated carbocycles. The van der Waals surface area contributed by atoms with Crippen LogP contribution in [-0.4, -0.2) is 57.7 Å². The number of carbonyl (C=O) groups excluding carboxylic acids is 3. The van der Waals surface area contributed by atoms with Crippen molar-refractivity contribution in [2.24, 2.45) is 0 Å². The van der Waals surface area contributed by atoms with Crippen LogP contribution in [0, 0.1) is 11.6 Å². The molecule has 1 aromatic heterocycles. The molecule has 0 bridgehead atoms. The molecule has 2 heterocycles. The Hall–Kier alpha value is -3.16. The van der Waals surface area contributed by atoms with Crippen molar-refractivity contribution in [3.63, 3.8) is 0 Å². The summed E-state index contributed by atoms with van der Waals surface area (Å²) in [6.45, 7) is 4.54. The van der Waals surface area contributed by atoms with Crippen molar-refractivity contribution in [2.45, 2.75) is 26.2 Å². The van der Waals surface area contributed by atoms with Gasteiger partial charge in [0, 0.05) is 9.75 Å². The number of nitrogens with zero attached hydrogens (tertiary/aromatic N) is 1. The van der Waals surface area contributed by atoms with Crippen molar-refractivity contribution in [1.82, 2.24) is 15.5 Å². The Balaban J connectivity index is 1.76. The van der Waals surface area contributed by atoms with E-state index in [4.69, 9.17) is 17.3 Å². The van der Waals surface area contributed by atoms with Crippen LogP contribution in [0.2, 0.25) is 0 Å². The van der Waals surface area contributed by atoms with Crippen LogP contribution in [0.15, 0.2) is 29.2 Å². The molecule has 0 unspecified atom stereocenters. The Bertz CT molecular complexity index is 1320. The highest BCUT2D eigenvalue weighted by atomic mass is 32.2. The Kier molecular flexibility index (Phi) is 8.82. The topological polar surface area (TPSA) is 116 Å². The Labute approximate surface area is 225 Å². The van der Waals surface area contributed by atoms with Gasteiger partial charge in [0.15, 0.2) is 11.6 Å². The first kappa shape index (κ1) is 28.4. The van der Waals surface area contributed by atoms with E-state index < -0.39 is 55.0 Å². The highest BCUT2D eigenvalue weighted by Crippen LogP contribution is 2.42. The van der Waals surface area contributed by atoms with Gasteiger partial charge in [0.05, 0.1) is 11.4 Å². The summed E-state index contributed by atoms with van der Waals surface area (Å²) in [5.74, 6) is -4.93. The van der Waals surface area contributed by atoms with Crippen LogP contribution in [0.5, 0.6) is 0 Å². The average Bonchev–Trinajstić information content (AvgIpc) is 3.35. The summed E-state index contributed by atoms with van der Waals surface area (Å²) in [7, 11) is 0. The molecule has 1 aromatic carbocycles. The van der Waals surface area contributed by atoms with Gasteiger partial charge in [0.2, 0.25) is 11.8 Å². The van der Waals surface area contributed by atoms with Crippen molar-refractivity contribution in [3.8, 4) is 11.1 Å². The minimum Gasteiger partial charge on any atom is -0.480 e. The predicted octanol–water partition coefficient (Wildman–Crippen LogP) is 3.51. The number of hydrogen-bond acceptors (Lipinski definition) is 7. The predicted molar refractivity (Wildman–Crippen MR) is 142 cm³/mol. The molecule has 3 rings (SSSR count). The van der Waals surface area contributed by atoms with E-state index in [1.165, 1.54) is 17.4 Å². The standard InChI is InChI=1S/C24H23F2N3O5S3/c1-24(2,3)21-14(12-4-5-15(25)16(26)6-12)7-13(36-21)8-17-22(34)29(23(35)37-17)11-19(31)27-9-18(30)28-10-20(32)33/h4-8H,9-11H2,1-3H3,(H,27,31)(H,28,30)(H,32,33)/b17-8-. The second-order valence-corrected chi connectivity index (χ2v) is 11.7. The van der Waals surface area contributed by atoms with E-state index in [9.17, 15) is 28.0 Å². The number of thioether (sulfide) groups is 1. The molecular formula is C24H23F2N3O5S3. The number of aliphatic carboxylic acids is 1. The third kappa shape index (κ3) is 7.21. The molecule has 3 N–H and O–H groups in total. The van der Waals surface area contributed by atoms with Gasteiger partial charge in [-0.2, -0.15) is 0 Å². The lowest BCUT2D eigenvalue weighted by Crippen LogP contribution is -2.44. The van der Waals surface area contributed by atoms with Gasteiger partial charge in [0.25, 0.3) is 5.91 Å². The average molecular weight is 568 g/mol. The molecule has 1 aliphatic rings. The second-order valence-electron chi connectivity index (χ2n) is 8.99. The summed E-state index contributed by atoms with van der Waals surface area (Å²) in [6.07, 6.45) is 1.64. The Morgan fingerprint density at radius 1 is 1.08 bits per heavy atom. The van der Waals surface area contributed by atoms with Gasteiger partial charge in [-0.3, -0.25) is 24.1 Å². The van der Waals surface area contributed by atoms with Gasteiger partial charge in [0.1, 0.15) is 17.4 Å². The number of rotatable bonds is 8. The van der Waals surface area contributed by atoms with Crippen molar-refractivity contribution < 1.29 is 33.1 Å². The highest BCUT2D eigenvalue weighted by Gasteiger charge is 2.34. The van der Waals surface area contributed by atoms with Crippen LogP contribution in [0.3, 0.4) is 0 Å². The van der Waals surface area contributed by atoms with Gasteiger partial charge in [-0.05, 0) is 40.8 Å². The van der Waals surface area contributed by atoms with Crippen molar-refractivity contribution >= 4 is 69.4 Å². The molecule has 2 aromatic rings. The van der Waals surface area contributed by atoms with E-state index in [1.54, 1.807) is 12.1 Å². The largest absolute Gasteiger partial charge is 0.480 e. The first-order chi connectivity index (χ1) is 17.3. The maximum Gasteiger partial charge on any atom is 0.322 e. The van der Waals surface area contributed by atoms with Crippen LogP contribution in [0.4, 0.5) is 8.78 Å².